The Morgan fingerprint density at radius 2 is 2.05 bits per heavy atom. The van der Waals surface area contributed by atoms with Crippen LogP contribution in [-0.4, -0.2) is 16.7 Å². The van der Waals surface area contributed by atoms with Crippen LogP contribution in [0.3, 0.4) is 0 Å². The molecular formula is C14H10ClFN2OS. The van der Waals surface area contributed by atoms with Gasteiger partial charge in [-0.05, 0) is 42.5 Å². The lowest BCUT2D eigenvalue weighted by Crippen LogP contribution is -1.95. The average Bonchev–Trinajstić information content (AvgIpc) is 2.74. The number of aromatic amines is 1. The van der Waals surface area contributed by atoms with Gasteiger partial charge in [0.15, 0.2) is 4.77 Å². The van der Waals surface area contributed by atoms with E-state index < -0.39 is 0 Å². The summed E-state index contributed by atoms with van der Waals surface area (Å²) in [5.74, 6) is 0.247. The number of benzene rings is 2. The summed E-state index contributed by atoms with van der Waals surface area (Å²) < 4.78 is 20.7. The third kappa shape index (κ3) is 2.09. The van der Waals surface area contributed by atoms with Crippen LogP contribution in [0.15, 0.2) is 36.4 Å². The number of hydrogen-bond acceptors (Lipinski definition) is 2. The topological polar surface area (TPSA) is 29.9 Å². The number of ether oxygens (including phenoxy) is 1. The summed E-state index contributed by atoms with van der Waals surface area (Å²) in [4.78, 5) is 2.98. The van der Waals surface area contributed by atoms with Crippen molar-refractivity contribution in [2.75, 3.05) is 7.11 Å². The van der Waals surface area contributed by atoms with E-state index in [0.29, 0.717) is 21.1 Å². The van der Waals surface area contributed by atoms with Crippen molar-refractivity contribution >= 4 is 34.9 Å². The molecule has 1 heterocycles. The van der Waals surface area contributed by atoms with Crippen molar-refractivity contribution in [3.05, 3.63) is 52.0 Å². The van der Waals surface area contributed by atoms with E-state index in [4.69, 9.17) is 28.6 Å². The van der Waals surface area contributed by atoms with Crippen molar-refractivity contribution in [2.45, 2.75) is 0 Å². The molecule has 3 nitrogen and oxygen atoms in total. The van der Waals surface area contributed by atoms with Gasteiger partial charge in [0.05, 0.1) is 28.9 Å². The van der Waals surface area contributed by atoms with Gasteiger partial charge in [-0.2, -0.15) is 0 Å². The lowest BCUT2D eigenvalue weighted by Gasteiger charge is -2.08. The lowest BCUT2D eigenvalue weighted by atomic mass is 10.2. The zero-order valence-electron chi connectivity index (χ0n) is 10.5. The van der Waals surface area contributed by atoms with E-state index in [0.717, 1.165) is 11.2 Å². The van der Waals surface area contributed by atoms with Crippen LogP contribution < -0.4 is 4.74 Å². The molecule has 0 saturated carbocycles. The zero-order chi connectivity index (χ0) is 14.3. The summed E-state index contributed by atoms with van der Waals surface area (Å²) in [6.45, 7) is 0. The fraction of sp³-hybridized carbons (Fsp3) is 0.0714. The van der Waals surface area contributed by atoms with E-state index >= 15 is 0 Å². The quantitative estimate of drug-likeness (QED) is 0.707. The third-order valence-electron chi connectivity index (χ3n) is 3.04. The molecule has 1 N–H and O–H groups in total. The highest BCUT2D eigenvalue weighted by atomic mass is 35.5. The second kappa shape index (κ2) is 4.92. The van der Waals surface area contributed by atoms with Gasteiger partial charge in [0.25, 0.3) is 0 Å². The van der Waals surface area contributed by atoms with Gasteiger partial charge in [0.2, 0.25) is 0 Å². The molecule has 0 amide bonds. The zero-order valence-corrected chi connectivity index (χ0v) is 12.1. The molecule has 3 rings (SSSR count). The number of aromatic nitrogens is 2. The Bertz CT molecular complexity index is 856. The Labute approximate surface area is 124 Å². The number of nitrogens with one attached hydrogen (secondary N) is 1. The average molecular weight is 309 g/mol. The normalized spacial score (nSPS) is 10.9. The van der Waals surface area contributed by atoms with Crippen molar-refractivity contribution in [3.63, 3.8) is 0 Å². The summed E-state index contributed by atoms with van der Waals surface area (Å²) in [6, 6.07) is 9.84. The van der Waals surface area contributed by atoms with Crippen LogP contribution in [0, 0.1) is 10.6 Å². The van der Waals surface area contributed by atoms with Crippen molar-refractivity contribution in [2.24, 2.45) is 0 Å². The van der Waals surface area contributed by atoms with Gasteiger partial charge < -0.3 is 9.72 Å². The van der Waals surface area contributed by atoms with Gasteiger partial charge >= 0.3 is 0 Å². The number of hydrogen-bond donors (Lipinski definition) is 1. The third-order valence-corrected chi connectivity index (χ3v) is 3.63. The fourth-order valence-corrected chi connectivity index (χ4v) is 2.64. The Hall–Kier alpha value is -1.85. The first-order chi connectivity index (χ1) is 9.60. The molecule has 0 aliphatic carbocycles. The Kier molecular flexibility index (Phi) is 3.23. The van der Waals surface area contributed by atoms with Crippen molar-refractivity contribution in [1.82, 2.24) is 9.55 Å². The first-order valence-electron chi connectivity index (χ1n) is 5.84. The Morgan fingerprint density at radius 3 is 2.80 bits per heavy atom. The molecule has 1 aromatic heterocycles. The maximum Gasteiger partial charge on any atom is 0.182 e. The Morgan fingerprint density at radius 1 is 1.25 bits per heavy atom. The van der Waals surface area contributed by atoms with Crippen molar-refractivity contribution < 1.29 is 9.13 Å². The molecule has 0 aliphatic heterocycles. The molecule has 0 spiro atoms. The molecule has 6 heteroatoms. The van der Waals surface area contributed by atoms with E-state index in [2.05, 4.69) is 4.98 Å². The Balaban J connectivity index is 2.29. The minimum atomic E-state index is -0.311. The van der Waals surface area contributed by atoms with E-state index in [9.17, 15) is 4.39 Å². The van der Waals surface area contributed by atoms with E-state index in [1.54, 1.807) is 25.3 Å². The van der Waals surface area contributed by atoms with Gasteiger partial charge in [0, 0.05) is 6.07 Å². The standard InChI is InChI=1S/C14H10ClFN2OS/c1-19-13-7-9(3-4-10(13)15)18-12-5-2-8(16)6-11(12)17-14(18)20/h2-7H,1H3,(H,17,20). The van der Waals surface area contributed by atoms with Crippen molar-refractivity contribution in [1.29, 1.82) is 0 Å². The molecule has 0 unspecified atom stereocenters. The van der Waals surface area contributed by atoms with Crippen LogP contribution >= 0.6 is 23.8 Å². The molecule has 0 aliphatic rings. The molecule has 0 atom stereocenters. The van der Waals surface area contributed by atoms with Crippen LogP contribution in [0.5, 0.6) is 5.75 Å². The van der Waals surface area contributed by atoms with Crippen LogP contribution in [0.4, 0.5) is 4.39 Å². The molecule has 0 saturated heterocycles. The van der Waals surface area contributed by atoms with Gasteiger partial charge in [0.1, 0.15) is 11.6 Å². The maximum absolute atomic E-state index is 13.3. The van der Waals surface area contributed by atoms with Crippen LogP contribution in [0.25, 0.3) is 16.7 Å². The first-order valence-corrected chi connectivity index (χ1v) is 6.63. The highest BCUT2D eigenvalue weighted by Crippen LogP contribution is 2.28. The minimum absolute atomic E-state index is 0.311. The molecular weight excluding hydrogens is 299 g/mol. The van der Waals surface area contributed by atoms with Gasteiger partial charge in [-0.15, -0.1) is 0 Å². The van der Waals surface area contributed by atoms with Crippen molar-refractivity contribution in [3.8, 4) is 11.4 Å². The SMILES string of the molecule is COc1cc(-n2c(=S)[nH]c3cc(F)ccc32)ccc1Cl. The van der Waals surface area contributed by atoms with Gasteiger partial charge in [-0.25, -0.2) is 4.39 Å². The number of fused-ring (bicyclic) bond motifs is 1. The highest BCUT2D eigenvalue weighted by molar-refractivity contribution is 7.71. The number of rotatable bonds is 2. The maximum atomic E-state index is 13.3. The molecule has 102 valence electrons. The molecule has 20 heavy (non-hydrogen) atoms. The summed E-state index contributed by atoms with van der Waals surface area (Å²) in [5, 5.41) is 0.522. The summed E-state index contributed by atoms with van der Waals surface area (Å²) in [7, 11) is 1.55. The highest BCUT2D eigenvalue weighted by Gasteiger charge is 2.09. The number of nitrogens with zero attached hydrogens (tertiary/aromatic N) is 1. The van der Waals surface area contributed by atoms with E-state index in [-0.39, 0.29) is 5.82 Å². The van der Waals surface area contributed by atoms with Crippen LogP contribution in [-0.2, 0) is 0 Å². The van der Waals surface area contributed by atoms with Gasteiger partial charge in [-0.1, -0.05) is 11.6 Å². The number of halogens is 2. The second-order valence-corrected chi connectivity index (χ2v) is 5.04. The number of methoxy groups -OCH3 is 1. The van der Waals surface area contributed by atoms with E-state index in [1.807, 2.05) is 10.6 Å². The molecule has 0 radical (unpaired) electrons. The second-order valence-electron chi connectivity index (χ2n) is 4.25. The minimum Gasteiger partial charge on any atom is -0.495 e. The molecule has 0 fully saturated rings. The molecule has 2 aromatic carbocycles. The smallest absolute Gasteiger partial charge is 0.182 e. The lowest BCUT2D eigenvalue weighted by molar-refractivity contribution is 0.415. The summed E-state index contributed by atoms with van der Waals surface area (Å²) >= 11 is 11.3. The first kappa shape index (κ1) is 13.1. The van der Waals surface area contributed by atoms with E-state index in [1.165, 1.54) is 12.1 Å². The van der Waals surface area contributed by atoms with Gasteiger partial charge in [-0.3, -0.25) is 4.57 Å². The monoisotopic (exact) mass is 308 g/mol. The summed E-state index contributed by atoms with van der Waals surface area (Å²) in [6.07, 6.45) is 0. The molecule has 3 aromatic rings. The number of H-pyrrole nitrogens is 1. The largest absolute Gasteiger partial charge is 0.495 e. The predicted molar refractivity (Wildman–Crippen MR) is 80.0 cm³/mol. The fourth-order valence-electron chi connectivity index (χ4n) is 2.13. The summed E-state index contributed by atoms with van der Waals surface area (Å²) in [5.41, 5.74) is 2.24. The predicted octanol–water partition coefficient (Wildman–Crippen LogP) is 4.49. The molecule has 0 bridgehead atoms. The van der Waals surface area contributed by atoms with Crippen LogP contribution in [0.2, 0.25) is 5.02 Å². The number of imidazole rings is 1. The van der Waals surface area contributed by atoms with Crippen LogP contribution in [0.1, 0.15) is 0 Å².